The monoisotopic (exact) mass is 460 g/mol. The van der Waals surface area contributed by atoms with Gasteiger partial charge in [0.2, 0.25) is 0 Å². The number of ether oxygens (including phenoxy) is 1. The molecule has 10 atom stereocenters. The Morgan fingerprint density at radius 2 is 1.91 bits per heavy atom. The summed E-state index contributed by atoms with van der Waals surface area (Å²) >= 11 is 0. The molecular weight excluding hydrogens is 418 g/mol. The van der Waals surface area contributed by atoms with E-state index in [2.05, 4.69) is 33.0 Å². The van der Waals surface area contributed by atoms with Crippen LogP contribution in [0, 0.1) is 40.9 Å². The van der Waals surface area contributed by atoms with E-state index in [1.54, 1.807) is 5.57 Å². The van der Waals surface area contributed by atoms with Gasteiger partial charge in [-0.3, -0.25) is 4.79 Å². The lowest BCUT2D eigenvalue weighted by Gasteiger charge is -2.52. The Labute approximate surface area is 201 Å². The van der Waals surface area contributed by atoms with Gasteiger partial charge in [0.1, 0.15) is 5.78 Å². The summed E-state index contributed by atoms with van der Waals surface area (Å²) in [6, 6.07) is 0.550. The van der Waals surface area contributed by atoms with E-state index in [0.717, 1.165) is 55.9 Å². The number of hydrogen-bond donors (Lipinski definition) is 1. The van der Waals surface area contributed by atoms with Crippen LogP contribution < -0.4 is 17.7 Å². The molecule has 32 heavy (non-hydrogen) atoms. The summed E-state index contributed by atoms with van der Waals surface area (Å²) in [5.74, 6) is 4.97. The number of nitrogens with one attached hydrogen (secondary N) is 1. The lowest BCUT2D eigenvalue weighted by Crippen LogP contribution is -3.00. The van der Waals surface area contributed by atoms with Crippen molar-refractivity contribution in [2.75, 3.05) is 6.54 Å². The third-order valence-electron chi connectivity index (χ3n) is 11.4. The number of carbonyl (C=O) groups excluding carboxylic acids is 1. The van der Waals surface area contributed by atoms with Crippen molar-refractivity contribution in [3.8, 4) is 0 Å². The first-order valence-corrected chi connectivity index (χ1v) is 13.4. The number of ketones is 1. The number of hydrogen-bond acceptors (Lipinski definition) is 3. The lowest BCUT2D eigenvalue weighted by molar-refractivity contribution is -0.129. The van der Waals surface area contributed by atoms with Gasteiger partial charge in [0.25, 0.3) is 0 Å². The molecule has 0 unspecified atom stereocenters. The molecule has 5 fully saturated rings. The fourth-order valence-corrected chi connectivity index (χ4v) is 9.61. The van der Waals surface area contributed by atoms with Gasteiger partial charge >= 0.3 is 0 Å². The van der Waals surface area contributed by atoms with E-state index in [-0.39, 0.29) is 18.0 Å². The van der Waals surface area contributed by atoms with Gasteiger partial charge in [0.15, 0.2) is 0 Å². The number of piperidine rings is 1. The molecule has 2 heterocycles. The van der Waals surface area contributed by atoms with Crippen LogP contribution in [-0.4, -0.2) is 30.1 Å². The maximum atomic E-state index is 12.2. The van der Waals surface area contributed by atoms with Crippen LogP contribution in [0.3, 0.4) is 0 Å². The average molecular weight is 461 g/mol. The molecule has 2 saturated heterocycles. The van der Waals surface area contributed by atoms with E-state index in [1.807, 2.05) is 5.57 Å². The summed E-state index contributed by atoms with van der Waals surface area (Å²) in [6.07, 6.45) is 12.2. The summed E-state index contributed by atoms with van der Waals surface area (Å²) < 4.78 is 7.01. The standard InChI is InChI=1S/C28H43NO2.ClH/c1-16-11-25-26(29-15-16)18(3)28(31-25)10-8-21-22-6-5-19-12-20(30)7-9-27(19,4)24(22)13-23(21)17(2)14-28;/h16,18-19,21-22,24-26,29H,5-15H2,1-4H3;1H/p-1/t16-,18+,19+,21-,22-,24-,25+,26-,27-,28-;/m0./s1. The van der Waals surface area contributed by atoms with Gasteiger partial charge in [0.05, 0.1) is 11.7 Å². The molecule has 0 aromatic heterocycles. The van der Waals surface area contributed by atoms with Crippen molar-refractivity contribution >= 4 is 5.78 Å². The second-order valence-corrected chi connectivity index (χ2v) is 12.9. The zero-order chi connectivity index (χ0) is 21.5. The highest BCUT2D eigenvalue weighted by molar-refractivity contribution is 5.79. The fraction of sp³-hybridized carbons (Fsp3) is 0.893. The minimum absolute atomic E-state index is 0. The van der Waals surface area contributed by atoms with Gasteiger partial charge in [-0.05, 0) is 99.8 Å². The molecule has 3 nitrogen and oxygen atoms in total. The van der Waals surface area contributed by atoms with Gasteiger partial charge in [-0.25, -0.2) is 0 Å². The van der Waals surface area contributed by atoms with Crippen LogP contribution in [0.5, 0.6) is 0 Å². The van der Waals surface area contributed by atoms with Crippen LogP contribution in [0.25, 0.3) is 0 Å². The zero-order valence-corrected chi connectivity index (χ0v) is 21.3. The molecule has 0 aromatic carbocycles. The molecule has 180 valence electrons. The molecule has 0 bridgehead atoms. The molecule has 1 N–H and O–H groups in total. The predicted octanol–water partition coefficient (Wildman–Crippen LogP) is 2.68. The summed E-state index contributed by atoms with van der Waals surface area (Å²) in [5, 5.41) is 3.85. The maximum Gasteiger partial charge on any atom is 0.133 e. The maximum absolute atomic E-state index is 12.2. The first kappa shape index (κ1) is 23.4. The minimum atomic E-state index is 0. The van der Waals surface area contributed by atoms with Gasteiger partial charge in [0, 0.05) is 24.8 Å². The normalized spacial score (nSPS) is 52.6. The van der Waals surface area contributed by atoms with E-state index >= 15 is 0 Å². The van der Waals surface area contributed by atoms with E-state index in [1.165, 1.54) is 38.5 Å². The number of carbonyl (C=O) groups is 1. The molecular formula is C28H43ClNO2-. The van der Waals surface area contributed by atoms with Crippen molar-refractivity contribution in [3.05, 3.63) is 11.1 Å². The van der Waals surface area contributed by atoms with Gasteiger partial charge in [-0.15, -0.1) is 0 Å². The molecule has 3 saturated carbocycles. The SMILES string of the molecule is CC1=C2C[C@H]3[C@@H](CC[C@@H]4CC(=O)CC[C@@]43C)[C@@H]2CC[C@@]2(C1)O[C@@H]1C[C@H](C)CN[C@H]1[C@H]2C.[Cl-]. The molecule has 6 rings (SSSR count). The summed E-state index contributed by atoms with van der Waals surface area (Å²) in [6.45, 7) is 11.0. The first-order chi connectivity index (χ1) is 14.8. The van der Waals surface area contributed by atoms with Crippen molar-refractivity contribution in [2.45, 2.75) is 110 Å². The van der Waals surface area contributed by atoms with E-state index in [4.69, 9.17) is 4.74 Å². The highest BCUT2D eigenvalue weighted by Gasteiger charge is 2.59. The molecule has 4 heteroatoms. The van der Waals surface area contributed by atoms with Crippen molar-refractivity contribution in [1.82, 2.24) is 5.32 Å². The largest absolute Gasteiger partial charge is 1.00 e. The summed E-state index contributed by atoms with van der Waals surface area (Å²) in [7, 11) is 0. The second kappa shape index (κ2) is 8.09. The van der Waals surface area contributed by atoms with Crippen LogP contribution in [-0.2, 0) is 9.53 Å². The third-order valence-corrected chi connectivity index (χ3v) is 11.4. The molecule has 1 spiro atoms. The highest BCUT2D eigenvalue weighted by atomic mass is 35.5. The van der Waals surface area contributed by atoms with Crippen molar-refractivity contribution in [3.63, 3.8) is 0 Å². The quantitative estimate of drug-likeness (QED) is 0.565. The third kappa shape index (κ3) is 3.31. The zero-order valence-electron chi connectivity index (χ0n) is 20.6. The predicted molar refractivity (Wildman–Crippen MR) is 124 cm³/mol. The molecule has 2 aliphatic heterocycles. The van der Waals surface area contributed by atoms with E-state index in [9.17, 15) is 4.79 Å². The van der Waals surface area contributed by atoms with Crippen LogP contribution in [0.15, 0.2) is 11.1 Å². The number of fused-ring (bicyclic) bond motifs is 6. The van der Waals surface area contributed by atoms with Gasteiger partial charge < -0.3 is 22.5 Å². The Morgan fingerprint density at radius 3 is 2.72 bits per heavy atom. The van der Waals surface area contributed by atoms with E-state index in [0.29, 0.717) is 35.2 Å². The highest BCUT2D eigenvalue weighted by Crippen LogP contribution is 2.65. The smallest absolute Gasteiger partial charge is 0.133 e. The molecule has 4 aliphatic carbocycles. The summed E-state index contributed by atoms with van der Waals surface area (Å²) in [5.41, 5.74) is 3.95. The molecule has 0 aromatic rings. The summed E-state index contributed by atoms with van der Waals surface area (Å²) in [4.78, 5) is 12.2. The lowest BCUT2D eigenvalue weighted by atomic mass is 9.52. The molecule has 0 amide bonds. The number of Topliss-reactive ketones (excluding diaryl/α,β-unsaturated/α-hetero) is 1. The Morgan fingerprint density at radius 1 is 1.09 bits per heavy atom. The average Bonchev–Trinajstić information content (AvgIpc) is 3.19. The number of halogens is 1. The van der Waals surface area contributed by atoms with Crippen LogP contribution in [0.2, 0.25) is 0 Å². The Balaban J connectivity index is 0.00000216. The Hall–Kier alpha value is -0.380. The number of rotatable bonds is 0. The first-order valence-electron chi connectivity index (χ1n) is 13.4. The van der Waals surface area contributed by atoms with Crippen LogP contribution in [0.1, 0.15) is 91.9 Å². The van der Waals surface area contributed by atoms with Crippen molar-refractivity contribution < 1.29 is 21.9 Å². The van der Waals surface area contributed by atoms with Crippen LogP contribution >= 0.6 is 0 Å². The van der Waals surface area contributed by atoms with Gasteiger partial charge in [-0.1, -0.05) is 31.9 Å². The Kier molecular flexibility index (Phi) is 5.91. The van der Waals surface area contributed by atoms with Crippen molar-refractivity contribution in [1.29, 1.82) is 0 Å². The topological polar surface area (TPSA) is 38.3 Å². The van der Waals surface area contributed by atoms with Crippen LogP contribution in [0.4, 0.5) is 0 Å². The molecule has 0 radical (unpaired) electrons. The number of allylic oxidation sites excluding steroid dienone is 1. The fourth-order valence-electron chi connectivity index (χ4n) is 9.61. The van der Waals surface area contributed by atoms with Gasteiger partial charge in [-0.2, -0.15) is 0 Å². The van der Waals surface area contributed by atoms with Crippen molar-refractivity contribution in [2.24, 2.45) is 40.9 Å². The van der Waals surface area contributed by atoms with E-state index < -0.39 is 0 Å². The second-order valence-electron chi connectivity index (χ2n) is 12.9. The Bertz CT molecular complexity index is 809. The molecule has 6 aliphatic rings. The minimum Gasteiger partial charge on any atom is -1.00 e.